The molecule has 6 nitrogen and oxygen atoms in total. The number of carbonyl (C=O) groups is 3. The fourth-order valence-electron chi connectivity index (χ4n) is 8.79. The van der Waals surface area contributed by atoms with Gasteiger partial charge in [-0.3, -0.25) is 14.4 Å². The van der Waals surface area contributed by atoms with Crippen molar-refractivity contribution in [3.8, 4) is 0 Å². The largest absolute Gasteiger partial charge is 0.462 e. The molecule has 0 saturated carbocycles. The molecule has 0 bridgehead atoms. The Hall–Kier alpha value is -3.67. The normalized spacial score (nSPS) is 12.7. The maximum absolute atomic E-state index is 12.9. The van der Waals surface area contributed by atoms with Crippen molar-refractivity contribution >= 4 is 17.9 Å². The smallest absolute Gasteiger partial charge is 0.306 e. The van der Waals surface area contributed by atoms with Gasteiger partial charge in [0.1, 0.15) is 13.2 Å². The van der Waals surface area contributed by atoms with Gasteiger partial charge in [0.05, 0.1) is 0 Å². The predicted molar refractivity (Wildman–Crippen MR) is 325 cm³/mol. The number of unbranched alkanes of at least 4 members (excludes halogenated alkanes) is 30. The Labute approximate surface area is 464 Å². The maximum Gasteiger partial charge on any atom is 0.306 e. The van der Waals surface area contributed by atoms with Crippen LogP contribution in [0.2, 0.25) is 0 Å². The molecule has 0 aliphatic carbocycles. The molecular weight excluding hydrogens is 925 g/mol. The van der Waals surface area contributed by atoms with Crippen molar-refractivity contribution in [3.05, 3.63) is 97.2 Å². The number of esters is 3. The number of allylic oxidation sites excluding steroid dienone is 16. The van der Waals surface area contributed by atoms with Gasteiger partial charge in [-0.1, -0.05) is 259 Å². The zero-order valence-electron chi connectivity index (χ0n) is 49.3. The van der Waals surface area contributed by atoms with Crippen LogP contribution in [0.25, 0.3) is 0 Å². The molecule has 0 amide bonds. The first-order valence-corrected chi connectivity index (χ1v) is 31.7. The van der Waals surface area contributed by atoms with Crippen LogP contribution in [0.15, 0.2) is 97.2 Å². The highest BCUT2D eigenvalue weighted by atomic mass is 16.6. The summed E-state index contributed by atoms with van der Waals surface area (Å²) in [6, 6.07) is 0. The number of hydrogen-bond acceptors (Lipinski definition) is 6. The molecule has 0 rings (SSSR count). The van der Waals surface area contributed by atoms with Crippen LogP contribution in [0.1, 0.15) is 303 Å². The lowest BCUT2D eigenvalue weighted by atomic mass is 10.0. The van der Waals surface area contributed by atoms with Crippen LogP contribution in [0.4, 0.5) is 0 Å². The van der Waals surface area contributed by atoms with Gasteiger partial charge in [-0.2, -0.15) is 0 Å². The monoisotopic (exact) mass is 1040 g/mol. The molecule has 0 N–H and O–H groups in total. The highest BCUT2D eigenvalue weighted by Gasteiger charge is 2.19. The molecular formula is C69H118O6. The zero-order valence-corrected chi connectivity index (χ0v) is 49.3. The Morgan fingerprint density at radius 3 is 0.853 bits per heavy atom. The molecule has 0 aromatic heterocycles. The lowest BCUT2D eigenvalue weighted by Gasteiger charge is -2.18. The van der Waals surface area contributed by atoms with E-state index in [9.17, 15) is 14.4 Å². The number of rotatable bonds is 57. The second-order valence-corrected chi connectivity index (χ2v) is 20.9. The van der Waals surface area contributed by atoms with Crippen LogP contribution >= 0.6 is 0 Å². The third kappa shape index (κ3) is 61.1. The van der Waals surface area contributed by atoms with Crippen molar-refractivity contribution in [1.29, 1.82) is 0 Å². The highest BCUT2D eigenvalue weighted by Crippen LogP contribution is 2.16. The van der Waals surface area contributed by atoms with E-state index >= 15 is 0 Å². The SMILES string of the molecule is CC/C=C\C/C=C\C/C=C\C/C=C\C/C=C\C/C=C\CCCCCCCCCCCCCCC(=O)OCC(COC(=O)CCCCCCC/C=C\CCCCC)OC(=O)CCCCCCC/C=C\CCCCCCC. The zero-order chi connectivity index (χ0) is 54.3. The molecule has 0 radical (unpaired) electrons. The van der Waals surface area contributed by atoms with Gasteiger partial charge in [-0.25, -0.2) is 0 Å². The summed E-state index contributed by atoms with van der Waals surface area (Å²) < 4.78 is 16.9. The van der Waals surface area contributed by atoms with Crippen molar-refractivity contribution in [2.24, 2.45) is 0 Å². The third-order valence-corrected chi connectivity index (χ3v) is 13.5. The van der Waals surface area contributed by atoms with E-state index in [0.29, 0.717) is 19.3 Å². The van der Waals surface area contributed by atoms with Crippen molar-refractivity contribution in [3.63, 3.8) is 0 Å². The summed E-state index contributed by atoms with van der Waals surface area (Å²) in [7, 11) is 0. The quantitative estimate of drug-likeness (QED) is 0.0261. The Morgan fingerprint density at radius 2 is 0.520 bits per heavy atom. The van der Waals surface area contributed by atoms with E-state index in [2.05, 4.69) is 118 Å². The number of carbonyl (C=O) groups excluding carboxylic acids is 3. The van der Waals surface area contributed by atoms with Gasteiger partial charge in [-0.15, -0.1) is 0 Å². The fourth-order valence-corrected chi connectivity index (χ4v) is 8.79. The van der Waals surface area contributed by atoms with E-state index in [1.54, 1.807) is 0 Å². The number of ether oxygens (including phenoxy) is 3. The Morgan fingerprint density at radius 1 is 0.280 bits per heavy atom. The summed E-state index contributed by atoms with van der Waals surface area (Å²) in [5.74, 6) is -0.895. The van der Waals surface area contributed by atoms with Crippen LogP contribution in [-0.2, 0) is 28.6 Å². The summed E-state index contributed by atoms with van der Waals surface area (Å²) in [6.45, 7) is 6.49. The standard InChI is InChI=1S/C69H118O6/c1-4-7-10-13-16-19-22-25-27-28-29-30-31-32-33-34-35-36-37-38-39-40-41-42-43-45-47-50-53-56-59-62-68(71)74-65-66(64-73-67(70)61-58-55-52-49-46-24-21-18-15-12-9-6-3)75-69(72)63-60-57-54-51-48-44-26-23-20-17-14-11-8-5-2/h7,10,16,18-19,21,23,25-27,29-30,32-33,35-36,66H,4-6,8-9,11-15,17,20,22,24,28,31,34,37-65H2,1-3H3/b10-7-,19-16-,21-18-,26-23-,27-25-,30-29-,33-32-,36-35-. The lowest BCUT2D eigenvalue weighted by Crippen LogP contribution is -2.30. The predicted octanol–water partition coefficient (Wildman–Crippen LogP) is 21.7. The molecule has 1 unspecified atom stereocenters. The summed E-state index contributed by atoms with van der Waals surface area (Å²) >= 11 is 0. The second kappa shape index (κ2) is 62.9. The minimum atomic E-state index is -0.785. The van der Waals surface area contributed by atoms with Crippen LogP contribution in [0.3, 0.4) is 0 Å². The first-order chi connectivity index (χ1) is 37.0. The maximum atomic E-state index is 12.9. The average Bonchev–Trinajstić information content (AvgIpc) is 3.41. The van der Waals surface area contributed by atoms with E-state index in [0.717, 1.165) is 116 Å². The minimum absolute atomic E-state index is 0.0827. The molecule has 0 aromatic carbocycles. The van der Waals surface area contributed by atoms with Gasteiger partial charge in [0.15, 0.2) is 6.10 Å². The van der Waals surface area contributed by atoms with Gasteiger partial charge in [0.2, 0.25) is 0 Å². The highest BCUT2D eigenvalue weighted by molar-refractivity contribution is 5.71. The minimum Gasteiger partial charge on any atom is -0.462 e. The van der Waals surface area contributed by atoms with E-state index < -0.39 is 6.10 Å². The molecule has 0 heterocycles. The lowest BCUT2D eigenvalue weighted by molar-refractivity contribution is -0.167. The molecule has 0 saturated heterocycles. The van der Waals surface area contributed by atoms with Crippen LogP contribution < -0.4 is 0 Å². The van der Waals surface area contributed by atoms with Crippen LogP contribution in [-0.4, -0.2) is 37.2 Å². The van der Waals surface area contributed by atoms with Crippen molar-refractivity contribution in [1.82, 2.24) is 0 Å². The second-order valence-electron chi connectivity index (χ2n) is 20.9. The summed E-state index contributed by atoms with van der Waals surface area (Å²) in [6.07, 6.45) is 84.2. The van der Waals surface area contributed by atoms with Crippen LogP contribution in [0.5, 0.6) is 0 Å². The fraction of sp³-hybridized carbons (Fsp3) is 0.725. The molecule has 0 aliphatic heterocycles. The molecule has 0 aliphatic rings. The Bertz CT molecular complexity index is 1480. The topological polar surface area (TPSA) is 78.9 Å². The Kier molecular flexibility index (Phi) is 59.8. The molecule has 430 valence electrons. The molecule has 0 spiro atoms. The van der Waals surface area contributed by atoms with Crippen molar-refractivity contribution < 1.29 is 28.6 Å². The first-order valence-electron chi connectivity index (χ1n) is 31.7. The van der Waals surface area contributed by atoms with Gasteiger partial charge >= 0.3 is 17.9 Å². The van der Waals surface area contributed by atoms with Crippen molar-refractivity contribution in [2.75, 3.05) is 13.2 Å². The third-order valence-electron chi connectivity index (χ3n) is 13.5. The average molecular weight is 1040 g/mol. The summed E-state index contributed by atoms with van der Waals surface area (Å²) in [4.78, 5) is 38.2. The van der Waals surface area contributed by atoms with Crippen LogP contribution in [0, 0.1) is 0 Å². The molecule has 0 fully saturated rings. The molecule has 0 aromatic rings. The molecule has 6 heteroatoms. The summed E-state index contributed by atoms with van der Waals surface area (Å²) in [5.41, 5.74) is 0. The Balaban J connectivity index is 4.20. The number of hydrogen-bond donors (Lipinski definition) is 0. The van der Waals surface area contributed by atoms with Gasteiger partial charge in [-0.05, 0) is 122 Å². The van der Waals surface area contributed by atoms with E-state index in [1.807, 2.05) is 0 Å². The molecule has 1 atom stereocenters. The van der Waals surface area contributed by atoms with E-state index in [1.165, 1.54) is 148 Å². The van der Waals surface area contributed by atoms with Gasteiger partial charge in [0, 0.05) is 19.3 Å². The molecule has 75 heavy (non-hydrogen) atoms. The van der Waals surface area contributed by atoms with Crippen molar-refractivity contribution in [2.45, 2.75) is 309 Å². The van der Waals surface area contributed by atoms with E-state index in [4.69, 9.17) is 14.2 Å². The first kappa shape index (κ1) is 71.3. The summed E-state index contributed by atoms with van der Waals surface area (Å²) in [5, 5.41) is 0. The van der Waals surface area contributed by atoms with Gasteiger partial charge < -0.3 is 14.2 Å². The van der Waals surface area contributed by atoms with Gasteiger partial charge in [0.25, 0.3) is 0 Å². The van der Waals surface area contributed by atoms with E-state index in [-0.39, 0.29) is 31.1 Å².